The van der Waals surface area contributed by atoms with Crippen LogP contribution in [0.1, 0.15) is 36.6 Å². The molecule has 0 saturated heterocycles. The minimum Gasteiger partial charge on any atom is -0.357 e. The second-order valence-corrected chi connectivity index (χ2v) is 8.18. The number of sulfonamides is 1. The summed E-state index contributed by atoms with van der Waals surface area (Å²) >= 11 is 0. The Morgan fingerprint density at radius 1 is 1.04 bits per heavy atom. The number of benzene rings is 2. The second kappa shape index (κ2) is 10.1. The van der Waals surface area contributed by atoms with Crippen molar-refractivity contribution in [3.8, 4) is 0 Å². The van der Waals surface area contributed by atoms with Gasteiger partial charge in [0.2, 0.25) is 10.0 Å². The molecule has 3 N–H and O–H groups in total. The fourth-order valence-corrected chi connectivity index (χ4v) is 3.33. The van der Waals surface area contributed by atoms with E-state index >= 15 is 0 Å². The van der Waals surface area contributed by atoms with Gasteiger partial charge in [0.15, 0.2) is 5.96 Å². The molecule has 6 nitrogen and oxygen atoms in total. The molecular weight excluding hydrogens is 360 g/mol. The van der Waals surface area contributed by atoms with E-state index in [1.54, 1.807) is 0 Å². The summed E-state index contributed by atoms with van der Waals surface area (Å²) in [5.41, 5.74) is 2.96. The fraction of sp³-hybridized carbons (Fsp3) is 0.350. The first-order valence-corrected chi connectivity index (χ1v) is 10.7. The van der Waals surface area contributed by atoms with Crippen LogP contribution in [0.3, 0.4) is 0 Å². The Balaban J connectivity index is 2.01. The lowest BCUT2D eigenvalue weighted by Gasteiger charge is -2.18. The van der Waals surface area contributed by atoms with E-state index in [1.807, 2.05) is 49.4 Å². The molecule has 2 aromatic carbocycles. The Kier molecular flexibility index (Phi) is 7.82. The lowest BCUT2D eigenvalue weighted by Crippen LogP contribution is -2.38. The molecule has 2 rings (SSSR count). The number of nitrogens with one attached hydrogen (secondary N) is 3. The average Bonchev–Trinajstić information content (AvgIpc) is 2.68. The highest BCUT2D eigenvalue weighted by Gasteiger charge is 2.09. The van der Waals surface area contributed by atoms with Crippen molar-refractivity contribution in [2.24, 2.45) is 4.99 Å². The van der Waals surface area contributed by atoms with Gasteiger partial charge in [0.05, 0.1) is 18.3 Å². The average molecular weight is 389 g/mol. The zero-order chi connectivity index (χ0) is 19.7. The number of nitrogens with zero attached hydrogens (tertiary/aromatic N) is 1. The van der Waals surface area contributed by atoms with E-state index in [0.29, 0.717) is 6.54 Å². The van der Waals surface area contributed by atoms with Crippen molar-refractivity contribution in [3.05, 3.63) is 71.3 Å². The normalized spacial score (nSPS) is 13.2. The van der Waals surface area contributed by atoms with Crippen LogP contribution < -0.4 is 15.4 Å². The summed E-state index contributed by atoms with van der Waals surface area (Å²) in [7, 11) is -1.84. The van der Waals surface area contributed by atoms with Crippen molar-refractivity contribution >= 4 is 16.0 Å². The Morgan fingerprint density at radius 2 is 1.67 bits per heavy atom. The maximum atomic E-state index is 11.6. The third-order valence-electron chi connectivity index (χ3n) is 4.11. The van der Waals surface area contributed by atoms with Gasteiger partial charge in [-0.15, -0.1) is 0 Å². The molecule has 0 heterocycles. The number of hydrogen-bond donors (Lipinski definition) is 3. The van der Waals surface area contributed by atoms with Gasteiger partial charge in [0, 0.05) is 6.54 Å². The molecule has 0 spiro atoms. The molecule has 7 heteroatoms. The predicted octanol–water partition coefficient (Wildman–Crippen LogP) is 2.55. The molecule has 0 radical (unpaired) electrons. The van der Waals surface area contributed by atoms with E-state index in [2.05, 4.69) is 39.4 Å². The summed E-state index contributed by atoms with van der Waals surface area (Å²) < 4.78 is 25.5. The van der Waals surface area contributed by atoms with Gasteiger partial charge in [0.1, 0.15) is 0 Å². The summed E-state index contributed by atoms with van der Waals surface area (Å²) in [5, 5.41) is 6.66. The van der Waals surface area contributed by atoms with Crippen LogP contribution in [0.15, 0.2) is 59.6 Å². The quantitative estimate of drug-likeness (QED) is 0.479. The Labute approximate surface area is 162 Å². The highest BCUT2D eigenvalue weighted by molar-refractivity contribution is 7.88. The monoisotopic (exact) mass is 388 g/mol. The highest BCUT2D eigenvalue weighted by Crippen LogP contribution is 2.12. The molecule has 0 saturated carbocycles. The van der Waals surface area contributed by atoms with E-state index in [9.17, 15) is 8.42 Å². The van der Waals surface area contributed by atoms with Crippen molar-refractivity contribution in [2.45, 2.75) is 32.2 Å². The lowest BCUT2D eigenvalue weighted by molar-refractivity contribution is 0.587. The largest absolute Gasteiger partial charge is 0.357 e. The Morgan fingerprint density at radius 3 is 2.26 bits per heavy atom. The minimum atomic E-state index is -3.26. The predicted molar refractivity (Wildman–Crippen MR) is 111 cm³/mol. The van der Waals surface area contributed by atoms with Crippen LogP contribution in [0.5, 0.6) is 0 Å². The number of rotatable bonds is 8. The van der Waals surface area contributed by atoms with Crippen LogP contribution in [-0.2, 0) is 22.3 Å². The van der Waals surface area contributed by atoms with E-state index in [1.165, 1.54) is 12.6 Å². The third-order valence-corrected chi connectivity index (χ3v) is 5.44. The zero-order valence-corrected chi connectivity index (χ0v) is 16.9. The molecule has 0 amide bonds. The van der Waals surface area contributed by atoms with Crippen LogP contribution in [0.4, 0.5) is 0 Å². The standard InChI is InChI=1S/C20H28N4O2S/c1-4-22-20(24-16(2)19-8-6-5-7-9-19)23-14-17-10-12-18(13-11-17)15-27(25,26)21-3/h5-13,16,21H,4,14-15H2,1-3H3,(H2,22,23,24). The van der Waals surface area contributed by atoms with Crippen molar-refractivity contribution in [3.63, 3.8) is 0 Å². The van der Waals surface area contributed by atoms with Crippen LogP contribution >= 0.6 is 0 Å². The first kappa shape index (κ1) is 20.9. The van der Waals surface area contributed by atoms with Gasteiger partial charge in [0.25, 0.3) is 0 Å². The molecule has 0 aliphatic heterocycles. The second-order valence-electron chi connectivity index (χ2n) is 6.25. The lowest BCUT2D eigenvalue weighted by atomic mass is 10.1. The Hall–Kier alpha value is -2.38. The number of hydrogen-bond acceptors (Lipinski definition) is 3. The van der Waals surface area contributed by atoms with Crippen molar-refractivity contribution < 1.29 is 8.42 Å². The molecule has 2 aromatic rings. The molecule has 0 fully saturated rings. The van der Waals surface area contributed by atoms with E-state index in [0.717, 1.165) is 23.6 Å². The smallest absolute Gasteiger partial charge is 0.215 e. The molecule has 27 heavy (non-hydrogen) atoms. The third kappa shape index (κ3) is 7.03. The van der Waals surface area contributed by atoms with Crippen molar-refractivity contribution in [1.82, 2.24) is 15.4 Å². The van der Waals surface area contributed by atoms with Crippen molar-refractivity contribution in [2.75, 3.05) is 13.6 Å². The maximum absolute atomic E-state index is 11.6. The molecular formula is C20H28N4O2S. The van der Waals surface area contributed by atoms with E-state index in [4.69, 9.17) is 0 Å². The van der Waals surface area contributed by atoms with Gasteiger partial charge in [-0.1, -0.05) is 54.6 Å². The van der Waals surface area contributed by atoms with Gasteiger partial charge < -0.3 is 10.6 Å². The van der Waals surface area contributed by atoms with Gasteiger partial charge in [-0.05, 0) is 37.6 Å². The fourth-order valence-electron chi connectivity index (χ4n) is 2.55. The highest BCUT2D eigenvalue weighted by atomic mass is 32.2. The molecule has 0 bridgehead atoms. The van der Waals surface area contributed by atoms with Gasteiger partial charge in [-0.2, -0.15) is 0 Å². The van der Waals surface area contributed by atoms with Gasteiger partial charge in [-0.25, -0.2) is 18.1 Å². The first-order chi connectivity index (χ1) is 12.9. The summed E-state index contributed by atoms with van der Waals surface area (Å²) in [4.78, 5) is 4.63. The summed E-state index contributed by atoms with van der Waals surface area (Å²) in [6, 6.07) is 17.8. The topological polar surface area (TPSA) is 82.6 Å². The summed E-state index contributed by atoms with van der Waals surface area (Å²) in [6.07, 6.45) is 0. The van der Waals surface area contributed by atoms with Crippen molar-refractivity contribution in [1.29, 1.82) is 0 Å². The Bertz CT molecular complexity index is 834. The van der Waals surface area contributed by atoms with Crippen LogP contribution in [0, 0.1) is 0 Å². The molecule has 1 atom stereocenters. The molecule has 1 unspecified atom stereocenters. The van der Waals surface area contributed by atoms with Crippen LogP contribution in [0.25, 0.3) is 0 Å². The van der Waals surface area contributed by atoms with Crippen LogP contribution in [0.2, 0.25) is 0 Å². The molecule has 0 aromatic heterocycles. The molecule has 0 aliphatic rings. The minimum absolute atomic E-state index is 0.0220. The summed E-state index contributed by atoms with van der Waals surface area (Å²) in [5.74, 6) is 0.724. The molecule has 146 valence electrons. The van der Waals surface area contributed by atoms with Gasteiger partial charge in [-0.3, -0.25) is 0 Å². The van der Waals surface area contributed by atoms with E-state index in [-0.39, 0.29) is 11.8 Å². The van der Waals surface area contributed by atoms with Gasteiger partial charge >= 0.3 is 0 Å². The maximum Gasteiger partial charge on any atom is 0.215 e. The van der Waals surface area contributed by atoms with Crippen LogP contribution in [-0.4, -0.2) is 28.0 Å². The summed E-state index contributed by atoms with van der Waals surface area (Å²) in [6.45, 7) is 5.41. The zero-order valence-electron chi connectivity index (χ0n) is 16.1. The molecule has 0 aliphatic carbocycles. The number of guanidine groups is 1. The number of aliphatic imine (C=N–C) groups is 1. The first-order valence-electron chi connectivity index (χ1n) is 9.02. The SMILES string of the molecule is CCNC(=NCc1ccc(CS(=O)(=O)NC)cc1)NC(C)c1ccccc1. The van der Waals surface area contributed by atoms with E-state index < -0.39 is 10.0 Å².